The molecule has 0 aliphatic rings. The molecule has 0 saturated carbocycles. The molecular formula is C19H34O2. The number of hydrogen-bond donors (Lipinski definition) is 0. The molecule has 122 valence electrons. The van der Waals surface area contributed by atoms with Crippen LogP contribution in [0.5, 0.6) is 0 Å². The minimum Gasteiger partial charge on any atom is -0.463 e. The lowest BCUT2D eigenvalue weighted by atomic mass is 9.93. The van der Waals surface area contributed by atoms with Gasteiger partial charge in [0.25, 0.3) is 0 Å². The molecule has 0 aliphatic carbocycles. The third-order valence-electron chi connectivity index (χ3n) is 3.87. The van der Waals surface area contributed by atoms with E-state index in [-0.39, 0.29) is 5.97 Å². The SMILES string of the molecule is CCOC(=O)/C=C(C)/C=C(\C)CC(C)CCCC(C)CC. The molecule has 0 rings (SSSR count). The Morgan fingerprint density at radius 1 is 1.05 bits per heavy atom. The molecule has 2 nitrogen and oxygen atoms in total. The van der Waals surface area contributed by atoms with Crippen molar-refractivity contribution in [3.63, 3.8) is 0 Å². The summed E-state index contributed by atoms with van der Waals surface area (Å²) in [7, 11) is 0. The van der Waals surface area contributed by atoms with Crippen LogP contribution in [0.1, 0.15) is 73.6 Å². The topological polar surface area (TPSA) is 26.3 Å². The highest BCUT2D eigenvalue weighted by molar-refractivity contribution is 5.83. The number of hydrogen-bond acceptors (Lipinski definition) is 2. The Labute approximate surface area is 131 Å². The molecule has 0 bridgehead atoms. The van der Waals surface area contributed by atoms with Crippen LogP contribution in [-0.4, -0.2) is 12.6 Å². The van der Waals surface area contributed by atoms with E-state index in [2.05, 4.69) is 33.8 Å². The molecule has 0 spiro atoms. The Balaban J connectivity index is 4.18. The summed E-state index contributed by atoms with van der Waals surface area (Å²) in [4.78, 5) is 11.4. The van der Waals surface area contributed by atoms with Crippen molar-refractivity contribution in [3.8, 4) is 0 Å². The van der Waals surface area contributed by atoms with Crippen LogP contribution in [-0.2, 0) is 9.53 Å². The fourth-order valence-corrected chi connectivity index (χ4v) is 2.53. The smallest absolute Gasteiger partial charge is 0.330 e. The van der Waals surface area contributed by atoms with Crippen LogP contribution in [0.15, 0.2) is 23.3 Å². The van der Waals surface area contributed by atoms with Crippen molar-refractivity contribution in [2.75, 3.05) is 6.61 Å². The van der Waals surface area contributed by atoms with E-state index in [9.17, 15) is 4.79 Å². The van der Waals surface area contributed by atoms with Gasteiger partial charge in [-0.1, -0.05) is 58.1 Å². The predicted molar refractivity (Wildman–Crippen MR) is 91.2 cm³/mol. The van der Waals surface area contributed by atoms with Gasteiger partial charge >= 0.3 is 5.97 Å². The van der Waals surface area contributed by atoms with Gasteiger partial charge in [0, 0.05) is 6.08 Å². The number of esters is 1. The van der Waals surface area contributed by atoms with Crippen LogP contribution >= 0.6 is 0 Å². The summed E-state index contributed by atoms with van der Waals surface area (Å²) in [6, 6.07) is 0. The van der Waals surface area contributed by atoms with Crippen LogP contribution in [0.4, 0.5) is 0 Å². The average molecular weight is 294 g/mol. The van der Waals surface area contributed by atoms with Crippen LogP contribution < -0.4 is 0 Å². The zero-order valence-electron chi connectivity index (χ0n) is 14.9. The number of carbonyl (C=O) groups excluding carboxylic acids is 1. The van der Waals surface area contributed by atoms with E-state index in [0.29, 0.717) is 12.5 Å². The van der Waals surface area contributed by atoms with Gasteiger partial charge in [0.05, 0.1) is 6.61 Å². The molecule has 0 radical (unpaired) electrons. The first kappa shape index (κ1) is 19.9. The van der Waals surface area contributed by atoms with Crippen molar-refractivity contribution in [1.29, 1.82) is 0 Å². The number of allylic oxidation sites excluding steroid dienone is 3. The van der Waals surface area contributed by atoms with Crippen molar-refractivity contribution in [2.45, 2.75) is 73.6 Å². The summed E-state index contributed by atoms with van der Waals surface area (Å²) in [6.45, 7) is 13.3. The molecule has 0 saturated heterocycles. The van der Waals surface area contributed by atoms with Crippen LogP contribution in [0.25, 0.3) is 0 Å². The standard InChI is InChI=1S/C19H34O2/c1-7-15(3)10-9-11-16(4)12-17(5)13-18(6)14-19(20)21-8-2/h13-16H,7-12H2,1-6H3/b17-13+,18-14+. The maximum atomic E-state index is 11.4. The average Bonchev–Trinajstić information content (AvgIpc) is 2.37. The van der Waals surface area contributed by atoms with Crippen LogP contribution in [0.3, 0.4) is 0 Å². The van der Waals surface area contributed by atoms with Crippen molar-refractivity contribution in [2.24, 2.45) is 11.8 Å². The van der Waals surface area contributed by atoms with E-state index in [1.54, 1.807) is 6.08 Å². The van der Waals surface area contributed by atoms with Gasteiger partial charge in [-0.2, -0.15) is 0 Å². The quantitative estimate of drug-likeness (QED) is 0.294. The van der Waals surface area contributed by atoms with E-state index in [0.717, 1.165) is 17.9 Å². The minimum atomic E-state index is -0.249. The molecule has 0 aromatic carbocycles. The lowest BCUT2D eigenvalue weighted by molar-refractivity contribution is -0.137. The molecule has 2 atom stereocenters. The van der Waals surface area contributed by atoms with Crippen molar-refractivity contribution >= 4 is 5.97 Å². The lowest BCUT2D eigenvalue weighted by Gasteiger charge is -2.13. The van der Waals surface area contributed by atoms with E-state index in [1.165, 1.54) is 31.3 Å². The zero-order valence-corrected chi connectivity index (χ0v) is 14.9. The third-order valence-corrected chi connectivity index (χ3v) is 3.87. The molecule has 0 heterocycles. The van der Waals surface area contributed by atoms with Gasteiger partial charge in [0.15, 0.2) is 0 Å². The van der Waals surface area contributed by atoms with Crippen LogP contribution in [0, 0.1) is 11.8 Å². The Bertz CT molecular complexity index is 353. The van der Waals surface area contributed by atoms with E-state index >= 15 is 0 Å². The summed E-state index contributed by atoms with van der Waals surface area (Å²) >= 11 is 0. The summed E-state index contributed by atoms with van der Waals surface area (Å²) in [5, 5.41) is 0. The molecule has 0 aromatic heterocycles. The fourth-order valence-electron chi connectivity index (χ4n) is 2.53. The lowest BCUT2D eigenvalue weighted by Crippen LogP contribution is -2.00. The van der Waals surface area contributed by atoms with Gasteiger partial charge in [0.1, 0.15) is 0 Å². The molecule has 0 aliphatic heterocycles. The highest BCUT2D eigenvalue weighted by Gasteiger charge is 2.05. The second-order valence-electron chi connectivity index (χ2n) is 6.38. The Morgan fingerprint density at radius 3 is 2.24 bits per heavy atom. The van der Waals surface area contributed by atoms with Gasteiger partial charge in [0.2, 0.25) is 0 Å². The Hall–Kier alpha value is -1.05. The third kappa shape index (κ3) is 11.3. The van der Waals surface area contributed by atoms with Gasteiger partial charge in [-0.3, -0.25) is 0 Å². The fraction of sp³-hybridized carbons (Fsp3) is 0.737. The highest BCUT2D eigenvalue weighted by Crippen LogP contribution is 2.20. The first-order chi connectivity index (χ1) is 9.88. The first-order valence-corrected chi connectivity index (χ1v) is 8.41. The summed E-state index contributed by atoms with van der Waals surface area (Å²) in [6.07, 6.45) is 10.0. The second kappa shape index (κ2) is 11.6. The molecule has 0 amide bonds. The van der Waals surface area contributed by atoms with Gasteiger partial charge in [-0.05, 0) is 44.6 Å². The highest BCUT2D eigenvalue weighted by atomic mass is 16.5. The van der Waals surface area contributed by atoms with Crippen LogP contribution in [0.2, 0.25) is 0 Å². The maximum absolute atomic E-state index is 11.4. The van der Waals surface area contributed by atoms with E-state index < -0.39 is 0 Å². The molecule has 0 N–H and O–H groups in total. The minimum absolute atomic E-state index is 0.249. The van der Waals surface area contributed by atoms with Gasteiger partial charge in [-0.15, -0.1) is 0 Å². The maximum Gasteiger partial charge on any atom is 0.330 e. The second-order valence-corrected chi connectivity index (χ2v) is 6.38. The summed E-state index contributed by atoms with van der Waals surface area (Å²) in [5.41, 5.74) is 2.31. The van der Waals surface area contributed by atoms with Crippen molar-refractivity contribution in [1.82, 2.24) is 0 Å². The number of ether oxygens (including phenoxy) is 1. The monoisotopic (exact) mass is 294 g/mol. The van der Waals surface area contributed by atoms with Crippen molar-refractivity contribution in [3.05, 3.63) is 23.3 Å². The van der Waals surface area contributed by atoms with Crippen molar-refractivity contribution < 1.29 is 9.53 Å². The predicted octanol–water partition coefficient (Wildman–Crippen LogP) is 5.68. The zero-order chi connectivity index (χ0) is 16.3. The van der Waals surface area contributed by atoms with E-state index in [4.69, 9.17) is 4.74 Å². The number of rotatable bonds is 10. The Kier molecular flexibility index (Phi) is 11.0. The van der Waals surface area contributed by atoms with Gasteiger partial charge < -0.3 is 4.74 Å². The first-order valence-electron chi connectivity index (χ1n) is 8.41. The normalized spacial score (nSPS) is 15.7. The molecule has 0 fully saturated rings. The molecule has 2 heteroatoms. The van der Waals surface area contributed by atoms with Gasteiger partial charge in [-0.25, -0.2) is 4.79 Å². The summed E-state index contributed by atoms with van der Waals surface area (Å²) < 4.78 is 4.92. The van der Waals surface area contributed by atoms with E-state index in [1.807, 2.05) is 13.8 Å². The molecular weight excluding hydrogens is 260 g/mol. The number of carbonyl (C=O) groups is 1. The molecule has 0 aromatic rings. The molecule has 2 unspecified atom stereocenters. The largest absolute Gasteiger partial charge is 0.463 e. The molecule has 21 heavy (non-hydrogen) atoms. The Morgan fingerprint density at radius 2 is 1.67 bits per heavy atom. The summed E-state index contributed by atoms with van der Waals surface area (Å²) in [5.74, 6) is 1.31.